The normalized spacial score (nSPS) is 10.5. The molecule has 4 aromatic rings. The van der Waals surface area contributed by atoms with Crippen molar-refractivity contribution < 1.29 is 14.3 Å². The first-order valence-corrected chi connectivity index (χ1v) is 10.6. The lowest BCUT2D eigenvalue weighted by Crippen LogP contribution is -2.20. The Labute approximate surface area is 175 Å². The molecule has 0 radical (unpaired) electrons. The van der Waals surface area contributed by atoms with E-state index in [1.165, 1.54) is 22.7 Å². The number of thiophene rings is 1. The van der Waals surface area contributed by atoms with Gasteiger partial charge in [0.15, 0.2) is 11.7 Å². The van der Waals surface area contributed by atoms with Crippen LogP contribution in [0.15, 0.2) is 77.5 Å². The zero-order valence-electron chi connectivity index (χ0n) is 15.2. The van der Waals surface area contributed by atoms with Crippen LogP contribution < -0.4 is 5.32 Å². The van der Waals surface area contributed by atoms with Crippen LogP contribution in [0.25, 0.3) is 22.4 Å². The number of ether oxygens (including phenoxy) is 1. The molecule has 0 saturated carbocycles. The van der Waals surface area contributed by atoms with Crippen LogP contribution in [0.1, 0.15) is 9.67 Å². The van der Waals surface area contributed by atoms with Gasteiger partial charge in [0.05, 0.1) is 5.69 Å². The number of nitrogens with zero attached hydrogens (tertiary/aromatic N) is 1. The first-order valence-electron chi connectivity index (χ1n) is 8.81. The Balaban J connectivity index is 1.35. The molecule has 1 N–H and O–H groups in total. The second kappa shape index (κ2) is 8.81. The predicted molar refractivity (Wildman–Crippen MR) is 116 cm³/mol. The highest BCUT2D eigenvalue weighted by Crippen LogP contribution is 2.27. The lowest BCUT2D eigenvalue weighted by atomic mass is 10.0. The van der Waals surface area contributed by atoms with Gasteiger partial charge in [0.2, 0.25) is 0 Å². The summed E-state index contributed by atoms with van der Waals surface area (Å²) < 4.78 is 5.00. The van der Waals surface area contributed by atoms with E-state index >= 15 is 0 Å². The van der Waals surface area contributed by atoms with Crippen LogP contribution in [0.4, 0.5) is 5.13 Å². The smallest absolute Gasteiger partial charge is 0.348 e. The molecule has 2 aromatic carbocycles. The number of rotatable bonds is 6. The average Bonchev–Trinajstić information content (AvgIpc) is 3.45. The van der Waals surface area contributed by atoms with Crippen molar-refractivity contribution in [2.45, 2.75) is 0 Å². The highest BCUT2D eigenvalue weighted by atomic mass is 32.1. The molecule has 0 aliphatic heterocycles. The summed E-state index contributed by atoms with van der Waals surface area (Å²) in [6.07, 6.45) is 0. The molecule has 5 nitrogen and oxygen atoms in total. The molecule has 0 saturated heterocycles. The number of benzene rings is 2. The van der Waals surface area contributed by atoms with Crippen LogP contribution in [0.5, 0.6) is 0 Å². The maximum atomic E-state index is 12.0. The molecular formula is C22H16N2O3S2. The molecule has 0 spiro atoms. The average molecular weight is 421 g/mol. The lowest BCUT2D eigenvalue weighted by Gasteiger charge is -2.04. The Morgan fingerprint density at radius 1 is 0.862 bits per heavy atom. The molecule has 0 aliphatic rings. The molecule has 0 fully saturated rings. The minimum atomic E-state index is -0.506. The van der Waals surface area contributed by atoms with Gasteiger partial charge in [-0.05, 0) is 22.6 Å². The van der Waals surface area contributed by atoms with Gasteiger partial charge in [-0.15, -0.1) is 22.7 Å². The maximum Gasteiger partial charge on any atom is 0.348 e. The fraction of sp³-hybridized carbons (Fsp3) is 0.0455. The molecular weight excluding hydrogens is 404 g/mol. The maximum absolute atomic E-state index is 12.0. The number of carbonyl (C=O) groups excluding carboxylic acids is 2. The summed E-state index contributed by atoms with van der Waals surface area (Å²) in [4.78, 5) is 28.7. The molecule has 2 heterocycles. The first kappa shape index (κ1) is 19.0. The second-order valence-corrected chi connectivity index (χ2v) is 7.89. The minimum Gasteiger partial charge on any atom is -0.451 e. The number of hydrogen-bond donors (Lipinski definition) is 1. The van der Waals surface area contributed by atoms with Crippen molar-refractivity contribution in [3.63, 3.8) is 0 Å². The summed E-state index contributed by atoms with van der Waals surface area (Å²) in [6, 6.07) is 21.7. The Hall–Kier alpha value is -3.29. The van der Waals surface area contributed by atoms with Crippen LogP contribution in [0, 0.1) is 0 Å². The molecule has 144 valence electrons. The van der Waals surface area contributed by atoms with Crippen LogP contribution in [-0.2, 0) is 9.53 Å². The number of esters is 1. The number of thiazole rings is 1. The number of amides is 1. The Morgan fingerprint density at radius 2 is 1.59 bits per heavy atom. The van der Waals surface area contributed by atoms with Crippen LogP contribution >= 0.6 is 22.7 Å². The topological polar surface area (TPSA) is 68.3 Å². The van der Waals surface area contributed by atoms with Crippen LogP contribution in [0.3, 0.4) is 0 Å². The van der Waals surface area contributed by atoms with Crippen molar-refractivity contribution in [2.75, 3.05) is 11.9 Å². The van der Waals surface area contributed by atoms with Gasteiger partial charge in [-0.1, -0.05) is 60.7 Å². The molecule has 1 amide bonds. The molecule has 0 bridgehead atoms. The first-order chi connectivity index (χ1) is 14.2. The standard InChI is InChI=1S/C22H16N2O3S2/c25-20(13-27-21(26)19-7-4-12-28-19)24-22-23-18(14-29-22)17-10-8-16(9-11-17)15-5-2-1-3-6-15/h1-12,14H,13H2,(H,23,24,25). The van der Waals surface area contributed by atoms with E-state index in [1.54, 1.807) is 17.5 Å². The van der Waals surface area contributed by atoms with Gasteiger partial charge < -0.3 is 4.74 Å². The molecule has 0 atom stereocenters. The fourth-order valence-electron chi connectivity index (χ4n) is 2.68. The van der Waals surface area contributed by atoms with E-state index in [-0.39, 0.29) is 6.61 Å². The van der Waals surface area contributed by atoms with E-state index in [1.807, 2.05) is 47.8 Å². The molecule has 4 rings (SSSR count). The zero-order chi connectivity index (χ0) is 20.1. The van der Waals surface area contributed by atoms with Crippen LogP contribution in [0.2, 0.25) is 0 Å². The van der Waals surface area contributed by atoms with Crippen molar-refractivity contribution in [1.82, 2.24) is 4.98 Å². The minimum absolute atomic E-state index is 0.350. The monoisotopic (exact) mass is 420 g/mol. The number of anilines is 1. The summed E-state index contributed by atoms with van der Waals surface area (Å²) in [5, 5.41) is 6.78. The van der Waals surface area contributed by atoms with Gasteiger partial charge in [0.1, 0.15) is 4.88 Å². The van der Waals surface area contributed by atoms with E-state index in [0.717, 1.165) is 22.4 Å². The summed E-state index contributed by atoms with van der Waals surface area (Å²) in [5.74, 6) is -0.927. The van der Waals surface area contributed by atoms with Crippen LogP contribution in [-0.4, -0.2) is 23.5 Å². The lowest BCUT2D eigenvalue weighted by molar-refractivity contribution is -0.119. The third-order valence-electron chi connectivity index (χ3n) is 4.10. The van der Waals surface area contributed by atoms with Crippen molar-refractivity contribution >= 4 is 39.7 Å². The summed E-state index contributed by atoms with van der Waals surface area (Å²) >= 11 is 2.59. The summed E-state index contributed by atoms with van der Waals surface area (Å²) in [5.41, 5.74) is 4.03. The molecule has 0 unspecified atom stereocenters. The van der Waals surface area contributed by atoms with E-state index < -0.39 is 11.9 Å². The molecule has 2 aromatic heterocycles. The highest BCUT2D eigenvalue weighted by Gasteiger charge is 2.13. The van der Waals surface area contributed by atoms with Crippen molar-refractivity contribution in [2.24, 2.45) is 0 Å². The van der Waals surface area contributed by atoms with Gasteiger partial charge in [-0.3, -0.25) is 10.1 Å². The summed E-state index contributed by atoms with van der Waals surface area (Å²) in [7, 11) is 0. The number of carbonyl (C=O) groups is 2. The zero-order valence-corrected chi connectivity index (χ0v) is 16.8. The van der Waals surface area contributed by atoms with E-state index in [2.05, 4.69) is 22.4 Å². The van der Waals surface area contributed by atoms with Gasteiger partial charge in [0.25, 0.3) is 5.91 Å². The van der Waals surface area contributed by atoms with Crippen molar-refractivity contribution in [3.8, 4) is 22.4 Å². The largest absolute Gasteiger partial charge is 0.451 e. The van der Waals surface area contributed by atoms with Gasteiger partial charge in [-0.25, -0.2) is 9.78 Å². The number of hydrogen-bond acceptors (Lipinski definition) is 6. The van der Waals surface area contributed by atoms with Gasteiger partial charge >= 0.3 is 5.97 Å². The van der Waals surface area contributed by atoms with Gasteiger partial charge in [-0.2, -0.15) is 0 Å². The predicted octanol–water partition coefficient (Wildman–Crippen LogP) is 5.33. The Bertz CT molecular complexity index is 1100. The van der Waals surface area contributed by atoms with Gasteiger partial charge in [0, 0.05) is 10.9 Å². The summed E-state index contributed by atoms with van der Waals surface area (Å²) in [6.45, 7) is -0.350. The highest BCUT2D eigenvalue weighted by molar-refractivity contribution is 7.14. The number of aromatic nitrogens is 1. The molecule has 29 heavy (non-hydrogen) atoms. The number of nitrogens with one attached hydrogen (secondary N) is 1. The molecule has 0 aliphatic carbocycles. The molecule has 7 heteroatoms. The third-order valence-corrected chi connectivity index (χ3v) is 5.70. The quantitative estimate of drug-likeness (QED) is 0.428. The Kier molecular flexibility index (Phi) is 5.79. The fourth-order valence-corrected chi connectivity index (χ4v) is 4.03. The van der Waals surface area contributed by atoms with Crippen molar-refractivity contribution in [1.29, 1.82) is 0 Å². The van der Waals surface area contributed by atoms with E-state index in [4.69, 9.17) is 4.74 Å². The Morgan fingerprint density at radius 3 is 2.31 bits per heavy atom. The third kappa shape index (κ3) is 4.77. The van der Waals surface area contributed by atoms with E-state index in [0.29, 0.717) is 10.0 Å². The second-order valence-electron chi connectivity index (χ2n) is 6.08. The van der Waals surface area contributed by atoms with Crippen molar-refractivity contribution in [3.05, 3.63) is 82.4 Å². The SMILES string of the molecule is O=C(COC(=O)c1cccs1)Nc1nc(-c2ccc(-c3ccccc3)cc2)cs1. The van der Waals surface area contributed by atoms with E-state index in [9.17, 15) is 9.59 Å².